The van der Waals surface area contributed by atoms with Gasteiger partial charge in [-0.3, -0.25) is 4.90 Å². The van der Waals surface area contributed by atoms with Crippen LogP contribution in [0.3, 0.4) is 0 Å². The molecular weight excluding hydrogens is 342 g/mol. The third-order valence-corrected chi connectivity index (χ3v) is 4.60. The van der Waals surface area contributed by atoms with Gasteiger partial charge in [0.15, 0.2) is 0 Å². The number of benzene rings is 2. The Bertz CT molecular complexity index is 773. The summed E-state index contributed by atoms with van der Waals surface area (Å²) in [4.78, 5) is 14.2. The number of hydrogen-bond donors (Lipinski definition) is 1. The molecule has 2 atom stereocenters. The van der Waals surface area contributed by atoms with E-state index in [1.807, 2.05) is 73.5 Å². The van der Waals surface area contributed by atoms with E-state index in [0.717, 1.165) is 11.1 Å². The summed E-state index contributed by atoms with van der Waals surface area (Å²) in [7, 11) is 4.84. The summed E-state index contributed by atoms with van der Waals surface area (Å²) in [6, 6.07) is 16.8. The van der Waals surface area contributed by atoms with Gasteiger partial charge in [-0.15, -0.1) is 0 Å². The molecule has 0 aliphatic carbocycles. The molecular formula is C22H27NO4. The average molecular weight is 369 g/mol. The smallest absolute Gasteiger partial charge is 0.335 e. The molecule has 2 aromatic carbocycles. The molecule has 1 N–H and O–H groups in total. The van der Waals surface area contributed by atoms with Gasteiger partial charge in [-0.1, -0.05) is 42.5 Å². The van der Waals surface area contributed by atoms with E-state index < -0.39 is 12.1 Å². The molecule has 0 radical (unpaired) electrons. The minimum Gasteiger partial charge on any atom is -0.497 e. The van der Waals surface area contributed by atoms with Crippen molar-refractivity contribution in [3.05, 3.63) is 71.3 Å². The fourth-order valence-corrected chi connectivity index (χ4v) is 2.82. The highest BCUT2D eigenvalue weighted by atomic mass is 16.5. The van der Waals surface area contributed by atoms with Crippen LogP contribution in [0.15, 0.2) is 60.2 Å². The zero-order valence-electron chi connectivity index (χ0n) is 16.3. The van der Waals surface area contributed by atoms with Crippen LogP contribution in [0.5, 0.6) is 5.75 Å². The lowest BCUT2D eigenvalue weighted by molar-refractivity contribution is -0.136. The Morgan fingerprint density at radius 2 is 1.85 bits per heavy atom. The van der Waals surface area contributed by atoms with Gasteiger partial charge in [0.05, 0.1) is 25.9 Å². The number of rotatable bonds is 8. The lowest BCUT2D eigenvalue weighted by Crippen LogP contribution is -2.36. The molecule has 27 heavy (non-hydrogen) atoms. The predicted molar refractivity (Wildman–Crippen MR) is 106 cm³/mol. The number of carbonyl (C=O) groups is 1. The molecule has 0 bridgehead atoms. The maximum atomic E-state index is 12.3. The second-order valence-electron chi connectivity index (χ2n) is 6.45. The third-order valence-electron chi connectivity index (χ3n) is 4.60. The summed E-state index contributed by atoms with van der Waals surface area (Å²) < 4.78 is 10.2. The number of likely N-dealkylation sites (N-methyl/N-ethyl adjacent to an activating group) is 1. The van der Waals surface area contributed by atoms with Gasteiger partial charge in [0, 0.05) is 12.6 Å². The van der Waals surface area contributed by atoms with Gasteiger partial charge in [0.25, 0.3) is 0 Å². The zero-order valence-corrected chi connectivity index (χ0v) is 16.3. The highest BCUT2D eigenvalue weighted by molar-refractivity contribution is 5.94. The van der Waals surface area contributed by atoms with Crippen molar-refractivity contribution in [3.63, 3.8) is 0 Å². The first kappa shape index (κ1) is 20.7. The summed E-state index contributed by atoms with van der Waals surface area (Å²) in [5, 5.41) is 10.6. The SMILES string of the molecule is COC(=O)/C(=C\c1cccc(OC)c1)CN(C)[C@@H](C)[C@H](O)c1ccccc1. The fraction of sp³-hybridized carbons (Fsp3) is 0.318. The van der Waals surface area contributed by atoms with Crippen molar-refractivity contribution in [2.45, 2.75) is 19.1 Å². The molecule has 0 spiro atoms. The van der Waals surface area contributed by atoms with E-state index in [-0.39, 0.29) is 6.04 Å². The molecule has 0 amide bonds. The second kappa shape index (κ2) is 9.90. The monoisotopic (exact) mass is 369 g/mol. The first-order valence-corrected chi connectivity index (χ1v) is 8.82. The number of ether oxygens (including phenoxy) is 2. The number of esters is 1. The van der Waals surface area contributed by atoms with E-state index in [1.54, 1.807) is 13.2 Å². The number of methoxy groups -OCH3 is 2. The summed E-state index contributed by atoms with van der Waals surface area (Å²) in [6.45, 7) is 2.27. The van der Waals surface area contributed by atoms with Crippen LogP contribution in [-0.4, -0.2) is 49.8 Å². The molecule has 0 aliphatic rings. The van der Waals surface area contributed by atoms with Crippen LogP contribution < -0.4 is 4.74 Å². The molecule has 0 heterocycles. The highest BCUT2D eigenvalue weighted by Crippen LogP contribution is 2.22. The van der Waals surface area contributed by atoms with Gasteiger partial charge in [0.1, 0.15) is 5.75 Å². The summed E-state index contributed by atoms with van der Waals surface area (Å²) >= 11 is 0. The molecule has 0 saturated heterocycles. The first-order valence-electron chi connectivity index (χ1n) is 8.82. The molecule has 5 nitrogen and oxygen atoms in total. The Morgan fingerprint density at radius 3 is 2.48 bits per heavy atom. The number of hydrogen-bond acceptors (Lipinski definition) is 5. The van der Waals surface area contributed by atoms with Crippen LogP contribution in [0.4, 0.5) is 0 Å². The molecule has 2 rings (SSSR count). The van der Waals surface area contributed by atoms with Gasteiger partial charge in [-0.2, -0.15) is 0 Å². The van der Waals surface area contributed by atoms with Crippen LogP contribution in [0, 0.1) is 0 Å². The number of aliphatic hydroxyl groups excluding tert-OH is 1. The largest absolute Gasteiger partial charge is 0.497 e. The molecule has 2 aromatic rings. The summed E-state index contributed by atoms with van der Waals surface area (Å²) in [5.74, 6) is 0.320. The van der Waals surface area contributed by atoms with E-state index >= 15 is 0 Å². The third kappa shape index (κ3) is 5.67. The van der Waals surface area contributed by atoms with Crippen molar-refractivity contribution in [1.29, 1.82) is 0 Å². The van der Waals surface area contributed by atoms with Crippen LogP contribution >= 0.6 is 0 Å². The van der Waals surface area contributed by atoms with Crippen molar-refractivity contribution < 1.29 is 19.4 Å². The Balaban J connectivity index is 2.19. The van der Waals surface area contributed by atoms with Crippen LogP contribution in [-0.2, 0) is 9.53 Å². The Labute approximate surface area is 160 Å². The van der Waals surface area contributed by atoms with Gasteiger partial charge < -0.3 is 14.6 Å². The highest BCUT2D eigenvalue weighted by Gasteiger charge is 2.23. The maximum absolute atomic E-state index is 12.3. The number of carbonyl (C=O) groups excluding carboxylic acids is 1. The van der Waals surface area contributed by atoms with Crippen molar-refractivity contribution >= 4 is 12.0 Å². The van der Waals surface area contributed by atoms with Gasteiger partial charge in [-0.25, -0.2) is 4.79 Å². The van der Waals surface area contributed by atoms with Gasteiger partial charge >= 0.3 is 5.97 Å². The molecule has 0 saturated carbocycles. The topological polar surface area (TPSA) is 59.0 Å². The summed E-state index contributed by atoms with van der Waals surface area (Å²) in [6.07, 6.45) is 1.12. The zero-order chi connectivity index (χ0) is 19.8. The normalized spacial score (nSPS) is 13.9. The quantitative estimate of drug-likeness (QED) is 0.571. The van der Waals surface area contributed by atoms with Crippen molar-refractivity contribution in [3.8, 4) is 5.75 Å². The van der Waals surface area contributed by atoms with E-state index in [9.17, 15) is 9.90 Å². The molecule has 144 valence electrons. The molecule has 5 heteroatoms. The fourth-order valence-electron chi connectivity index (χ4n) is 2.82. The Kier molecular flexibility index (Phi) is 7.58. The van der Waals surface area contributed by atoms with E-state index in [4.69, 9.17) is 9.47 Å². The van der Waals surface area contributed by atoms with Gasteiger partial charge in [-0.05, 0) is 43.3 Å². The van der Waals surface area contributed by atoms with E-state index in [0.29, 0.717) is 17.9 Å². The van der Waals surface area contributed by atoms with E-state index in [1.165, 1.54) is 7.11 Å². The summed E-state index contributed by atoms with van der Waals surface area (Å²) in [5.41, 5.74) is 2.19. The molecule has 0 aliphatic heterocycles. The molecule has 0 fully saturated rings. The molecule has 0 aromatic heterocycles. The average Bonchev–Trinajstić information content (AvgIpc) is 2.72. The molecule has 0 unspecified atom stereocenters. The Hall–Kier alpha value is -2.63. The van der Waals surface area contributed by atoms with Crippen LogP contribution in [0.25, 0.3) is 6.08 Å². The van der Waals surface area contributed by atoms with Crippen LogP contribution in [0.2, 0.25) is 0 Å². The number of nitrogens with zero attached hydrogens (tertiary/aromatic N) is 1. The van der Waals surface area contributed by atoms with Crippen molar-refractivity contribution in [2.75, 3.05) is 27.8 Å². The number of aliphatic hydroxyl groups is 1. The van der Waals surface area contributed by atoms with E-state index in [2.05, 4.69) is 0 Å². The Morgan fingerprint density at radius 1 is 1.15 bits per heavy atom. The first-order chi connectivity index (χ1) is 13.0. The lowest BCUT2D eigenvalue weighted by Gasteiger charge is -2.29. The van der Waals surface area contributed by atoms with Crippen LogP contribution in [0.1, 0.15) is 24.2 Å². The predicted octanol–water partition coefficient (Wildman–Crippen LogP) is 3.31. The van der Waals surface area contributed by atoms with Crippen molar-refractivity contribution in [2.24, 2.45) is 0 Å². The standard InChI is InChI=1S/C22H27NO4/c1-16(21(24)18-10-6-5-7-11-18)23(2)15-19(22(25)27-4)13-17-9-8-12-20(14-17)26-3/h5-14,16,21,24H,15H2,1-4H3/b19-13-/t16-,21-/m0/s1. The second-order valence-corrected chi connectivity index (χ2v) is 6.45. The maximum Gasteiger partial charge on any atom is 0.335 e. The van der Waals surface area contributed by atoms with Crippen molar-refractivity contribution in [1.82, 2.24) is 4.90 Å². The van der Waals surface area contributed by atoms with Gasteiger partial charge in [0.2, 0.25) is 0 Å². The minimum absolute atomic E-state index is 0.189. The lowest BCUT2D eigenvalue weighted by atomic mass is 10.0. The minimum atomic E-state index is -0.660.